The van der Waals surface area contributed by atoms with Gasteiger partial charge in [-0.3, -0.25) is 4.79 Å². The fourth-order valence-electron chi connectivity index (χ4n) is 2.59. The monoisotopic (exact) mass is 359 g/mol. The quantitative estimate of drug-likeness (QED) is 0.603. The number of aromatic amines is 1. The number of hydrogen-bond donors (Lipinski definition) is 1. The Morgan fingerprint density at radius 3 is 2.50 bits per heavy atom. The summed E-state index contributed by atoms with van der Waals surface area (Å²) < 4.78 is 15.1. The number of H-pyrrole nitrogens is 1. The first-order chi connectivity index (χ1) is 12.4. The van der Waals surface area contributed by atoms with Crippen LogP contribution in [0.15, 0.2) is 24.3 Å². The number of rotatable bonds is 7. The van der Waals surface area contributed by atoms with Crippen LogP contribution >= 0.6 is 0 Å². The van der Waals surface area contributed by atoms with E-state index in [1.807, 2.05) is 0 Å². The summed E-state index contributed by atoms with van der Waals surface area (Å²) in [5.74, 6) is -0.904. The highest BCUT2D eigenvalue weighted by atomic mass is 16.5. The third-order valence-corrected chi connectivity index (χ3v) is 3.82. The van der Waals surface area contributed by atoms with E-state index in [9.17, 15) is 14.4 Å². The average molecular weight is 359 g/mol. The van der Waals surface area contributed by atoms with Crippen LogP contribution in [0.5, 0.6) is 5.75 Å². The number of methoxy groups -OCH3 is 1. The lowest BCUT2D eigenvalue weighted by molar-refractivity contribution is 0.0524. The van der Waals surface area contributed by atoms with Gasteiger partial charge in [0.1, 0.15) is 5.75 Å². The molecule has 1 N–H and O–H groups in total. The molecule has 2 rings (SSSR count). The van der Waals surface area contributed by atoms with Crippen molar-refractivity contribution in [1.82, 2.24) is 4.98 Å². The fourth-order valence-corrected chi connectivity index (χ4v) is 2.59. The first-order valence-corrected chi connectivity index (χ1v) is 8.09. The summed E-state index contributed by atoms with van der Waals surface area (Å²) in [4.78, 5) is 38.9. The van der Waals surface area contributed by atoms with Crippen LogP contribution in [-0.2, 0) is 9.47 Å². The number of benzene rings is 1. The summed E-state index contributed by atoms with van der Waals surface area (Å²) in [6.07, 6.45) is 0. The predicted molar refractivity (Wildman–Crippen MR) is 93.8 cm³/mol. The van der Waals surface area contributed by atoms with Crippen LogP contribution in [0, 0.1) is 13.8 Å². The van der Waals surface area contributed by atoms with E-state index in [2.05, 4.69) is 9.72 Å². The van der Waals surface area contributed by atoms with E-state index in [0.29, 0.717) is 33.8 Å². The summed E-state index contributed by atoms with van der Waals surface area (Å²) in [5.41, 5.74) is 2.08. The van der Waals surface area contributed by atoms with Crippen LogP contribution < -0.4 is 4.74 Å². The SMILES string of the molecule is CCOC(=O)c1c(C)[nH]c(C(=O)COc2cccc(C(=O)OC)c2)c1C. The molecular weight excluding hydrogens is 338 g/mol. The molecule has 0 aliphatic heterocycles. The number of aryl methyl sites for hydroxylation is 1. The van der Waals surface area contributed by atoms with Gasteiger partial charge in [0.15, 0.2) is 6.61 Å². The van der Waals surface area contributed by atoms with E-state index in [1.165, 1.54) is 13.2 Å². The Hall–Kier alpha value is -3.09. The van der Waals surface area contributed by atoms with Gasteiger partial charge in [-0.2, -0.15) is 0 Å². The van der Waals surface area contributed by atoms with E-state index in [0.717, 1.165) is 0 Å². The number of ketones is 1. The molecule has 7 nitrogen and oxygen atoms in total. The first kappa shape index (κ1) is 19.2. The van der Waals surface area contributed by atoms with Gasteiger partial charge in [-0.15, -0.1) is 0 Å². The molecule has 0 fully saturated rings. The van der Waals surface area contributed by atoms with Crippen LogP contribution in [0.25, 0.3) is 0 Å². The third-order valence-electron chi connectivity index (χ3n) is 3.82. The molecule has 0 aliphatic carbocycles. The third kappa shape index (κ3) is 4.11. The Morgan fingerprint density at radius 1 is 1.12 bits per heavy atom. The predicted octanol–water partition coefficient (Wildman–Crippen LogP) is 2.86. The Balaban J connectivity index is 2.13. The van der Waals surface area contributed by atoms with Crippen molar-refractivity contribution < 1.29 is 28.6 Å². The van der Waals surface area contributed by atoms with Crippen LogP contribution in [0.3, 0.4) is 0 Å². The molecule has 138 valence electrons. The van der Waals surface area contributed by atoms with Crippen molar-refractivity contribution in [3.63, 3.8) is 0 Å². The number of carbonyl (C=O) groups is 3. The highest BCUT2D eigenvalue weighted by Crippen LogP contribution is 2.20. The Kier molecular flexibility index (Phi) is 6.16. The molecule has 26 heavy (non-hydrogen) atoms. The van der Waals surface area contributed by atoms with Gasteiger partial charge in [-0.1, -0.05) is 6.07 Å². The van der Waals surface area contributed by atoms with Gasteiger partial charge in [0.25, 0.3) is 0 Å². The topological polar surface area (TPSA) is 94.7 Å². The fraction of sp³-hybridized carbons (Fsp3) is 0.316. The number of hydrogen-bond acceptors (Lipinski definition) is 6. The van der Waals surface area contributed by atoms with Gasteiger partial charge in [0, 0.05) is 5.69 Å². The summed E-state index contributed by atoms with van der Waals surface area (Å²) in [5, 5.41) is 0. The van der Waals surface area contributed by atoms with Gasteiger partial charge in [-0.25, -0.2) is 9.59 Å². The van der Waals surface area contributed by atoms with Gasteiger partial charge in [0.2, 0.25) is 5.78 Å². The molecule has 0 atom stereocenters. The number of ether oxygens (including phenoxy) is 3. The minimum atomic E-state index is -0.489. The Bertz CT molecular complexity index is 837. The minimum absolute atomic E-state index is 0.242. The zero-order valence-corrected chi connectivity index (χ0v) is 15.2. The molecule has 7 heteroatoms. The van der Waals surface area contributed by atoms with E-state index < -0.39 is 11.9 Å². The minimum Gasteiger partial charge on any atom is -0.485 e. The van der Waals surface area contributed by atoms with Crippen molar-refractivity contribution in [2.75, 3.05) is 20.3 Å². The zero-order chi connectivity index (χ0) is 19.3. The average Bonchev–Trinajstić information content (AvgIpc) is 2.93. The molecular formula is C19H21NO6. The number of aromatic nitrogens is 1. The lowest BCUT2D eigenvalue weighted by Crippen LogP contribution is -2.14. The number of carbonyl (C=O) groups excluding carboxylic acids is 3. The molecule has 0 saturated heterocycles. The zero-order valence-electron chi connectivity index (χ0n) is 15.2. The summed E-state index contributed by atoms with van der Waals surface area (Å²) in [6, 6.07) is 6.35. The van der Waals surface area contributed by atoms with Gasteiger partial charge in [0.05, 0.1) is 30.5 Å². The number of esters is 2. The van der Waals surface area contributed by atoms with Crippen molar-refractivity contribution >= 4 is 17.7 Å². The largest absolute Gasteiger partial charge is 0.485 e. The summed E-state index contributed by atoms with van der Waals surface area (Å²) in [6.45, 7) is 5.12. The molecule has 0 unspecified atom stereocenters. The smallest absolute Gasteiger partial charge is 0.340 e. The molecule has 1 aromatic heterocycles. The standard InChI is InChI=1S/C19H21NO6/c1-5-25-19(23)16-11(2)17(20-12(16)3)15(21)10-26-14-8-6-7-13(9-14)18(22)24-4/h6-9,20H,5,10H2,1-4H3. The highest BCUT2D eigenvalue weighted by Gasteiger charge is 2.23. The second-order valence-corrected chi connectivity index (χ2v) is 5.58. The maximum Gasteiger partial charge on any atom is 0.340 e. The van der Waals surface area contributed by atoms with Crippen molar-refractivity contribution in [2.24, 2.45) is 0 Å². The van der Waals surface area contributed by atoms with Crippen molar-refractivity contribution in [2.45, 2.75) is 20.8 Å². The first-order valence-electron chi connectivity index (χ1n) is 8.09. The summed E-state index contributed by atoms with van der Waals surface area (Å²) >= 11 is 0. The molecule has 0 radical (unpaired) electrons. The molecule has 1 aromatic carbocycles. The molecule has 2 aromatic rings. The normalized spacial score (nSPS) is 10.3. The number of Topliss-reactive ketones (excluding diaryl/α,β-unsaturated/α-hetero) is 1. The van der Waals surface area contributed by atoms with E-state index in [-0.39, 0.29) is 19.0 Å². The maximum atomic E-state index is 12.5. The second-order valence-electron chi connectivity index (χ2n) is 5.58. The lowest BCUT2D eigenvalue weighted by Gasteiger charge is -2.07. The van der Waals surface area contributed by atoms with Crippen molar-refractivity contribution in [1.29, 1.82) is 0 Å². The van der Waals surface area contributed by atoms with Gasteiger partial charge < -0.3 is 19.2 Å². The molecule has 0 saturated carbocycles. The summed E-state index contributed by atoms with van der Waals surface area (Å²) in [7, 11) is 1.29. The number of nitrogens with one attached hydrogen (secondary N) is 1. The van der Waals surface area contributed by atoms with Gasteiger partial charge in [-0.05, 0) is 44.5 Å². The van der Waals surface area contributed by atoms with E-state index >= 15 is 0 Å². The molecule has 0 amide bonds. The van der Waals surface area contributed by atoms with Crippen molar-refractivity contribution in [3.8, 4) is 5.75 Å². The van der Waals surface area contributed by atoms with E-state index in [4.69, 9.17) is 9.47 Å². The second kappa shape index (κ2) is 8.33. The van der Waals surface area contributed by atoms with Crippen LogP contribution in [-0.4, -0.2) is 43.0 Å². The molecule has 0 aliphatic rings. The molecule has 0 bridgehead atoms. The van der Waals surface area contributed by atoms with Crippen molar-refractivity contribution in [3.05, 3.63) is 52.3 Å². The van der Waals surface area contributed by atoms with E-state index in [1.54, 1.807) is 39.0 Å². The Morgan fingerprint density at radius 2 is 1.85 bits per heavy atom. The van der Waals surface area contributed by atoms with Crippen LogP contribution in [0.4, 0.5) is 0 Å². The van der Waals surface area contributed by atoms with Crippen LogP contribution in [0.1, 0.15) is 49.4 Å². The highest BCUT2D eigenvalue weighted by molar-refractivity contribution is 6.02. The molecule has 0 spiro atoms. The maximum absolute atomic E-state index is 12.5. The van der Waals surface area contributed by atoms with Crippen LogP contribution in [0.2, 0.25) is 0 Å². The Labute approximate surface area is 151 Å². The lowest BCUT2D eigenvalue weighted by atomic mass is 10.1. The molecule has 1 heterocycles. The van der Waals surface area contributed by atoms with Gasteiger partial charge >= 0.3 is 11.9 Å².